The average Bonchev–Trinajstić information content (AvgIpc) is 2.62. The third kappa shape index (κ3) is 5.90. The smallest absolute Gasteiger partial charge is 0.271 e. The van der Waals surface area contributed by atoms with Crippen LogP contribution in [0.1, 0.15) is 36.2 Å². The van der Waals surface area contributed by atoms with E-state index >= 15 is 0 Å². The number of carbonyl (C=O) groups is 1. The molecule has 5 nitrogen and oxygen atoms in total. The number of hydrazone groups is 1. The number of hydrogen-bond acceptors (Lipinski definition) is 4. The van der Waals surface area contributed by atoms with Crippen LogP contribution in [0, 0.1) is 0 Å². The highest BCUT2D eigenvalue weighted by Crippen LogP contribution is 2.22. The molecule has 0 saturated carbocycles. The molecule has 0 heterocycles. The summed E-state index contributed by atoms with van der Waals surface area (Å²) in [6.45, 7) is 5.17. The predicted octanol–water partition coefficient (Wildman–Crippen LogP) is 4.40. The molecule has 132 valence electrons. The Hall–Kier alpha value is -2.34. The van der Waals surface area contributed by atoms with Crippen LogP contribution < -0.4 is 14.9 Å². The largest absolute Gasteiger partial charge is 0.494 e. The van der Waals surface area contributed by atoms with E-state index < -0.39 is 0 Å². The van der Waals surface area contributed by atoms with E-state index in [1.165, 1.54) is 0 Å². The summed E-state index contributed by atoms with van der Waals surface area (Å²) in [5.74, 6) is 1.17. The number of benzene rings is 2. The van der Waals surface area contributed by atoms with Crippen LogP contribution in [0.2, 0.25) is 0 Å². The molecular weight excluding hydrogens is 384 g/mol. The standard InChI is InChI=1S/C19H21BrN2O3/c1-3-11-25-18-10-7-16(20)12-15(18)13-21-22-19(23)14-5-8-17(9-6-14)24-4-2/h5-10,12-13H,3-4,11H2,1-2H3,(H,22,23)/b21-13+. The van der Waals surface area contributed by atoms with Crippen LogP contribution in [0.3, 0.4) is 0 Å². The molecule has 2 aromatic carbocycles. The molecule has 0 aromatic heterocycles. The maximum atomic E-state index is 12.1. The summed E-state index contributed by atoms with van der Waals surface area (Å²) < 4.78 is 11.9. The fourth-order valence-corrected chi connectivity index (χ4v) is 2.44. The number of nitrogens with zero attached hydrogens (tertiary/aromatic N) is 1. The van der Waals surface area contributed by atoms with Crippen LogP contribution in [0.4, 0.5) is 0 Å². The summed E-state index contributed by atoms with van der Waals surface area (Å²) in [7, 11) is 0. The van der Waals surface area contributed by atoms with Crippen LogP contribution in [-0.4, -0.2) is 25.3 Å². The van der Waals surface area contributed by atoms with E-state index in [1.54, 1.807) is 30.5 Å². The third-order valence-corrected chi connectivity index (χ3v) is 3.72. The van der Waals surface area contributed by atoms with Crippen molar-refractivity contribution in [2.45, 2.75) is 20.3 Å². The van der Waals surface area contributed by atoms with Gasteiger partial charge in [-0.1, -0.05) is 22.9 Å². The van der Waals surface area contributed by atoms with E-state index in [0.717, 1.165) is 28.0 Å². The van der Waals surface area contributed by atoms with E-state index in [4.69, 9.17) is 9.47 Å². The van der Waals surface area contributed by atoms with Gasteiger partial charge in [-0.25, -0.2) is 5.43 Å². The average molecular weight is 405 g/mol. The Labute approximate surface area is 156 Å². The Bertz CT molecular complexity index is 730. The molecule has 2 rings (SSSR count). The van der Waals surface area contributed by atoms with Gasteiger partial charge in [-0.3, -0.25) is 4.79 Å². The number of halogens is 1. The molecular formula is C19H21BrN2O3. The zero-order valence-electron chi connectivity index (χ0n) is 14.3. The fourth-order valence-electron chi connectivity index (χ4n) is 2.06. The van der Waals surface area contributed by atoms with E-state index in [9.17, 15) is 4.79 Å². The van der Waals surface area contributed by atoms with Gasteiger partial charge in [0.1, 0.15) is 11.5 Å². The van der Waals surface area contributed by atoms with Gasteiger partial charge < -0.3 is 9.47 Å². The Morgan fingerprint density at radius 2 is 1.92 bits per heavy atom. The van der Waals surface area contributed by atoms with Gasteiger partial charge >= 0.3 is 0 Å². The van der Waals surface area contributed by atoms with Crippen molar-refractivity contribution in [2.24, 2.45) is 5.10 Å². The van der Waals surface area contributed by atoms with Gasteiger partial charge in [-0.2, -0.15) is 5.10 Å². The zero-order valence-corrected chi connectivity index (χ0v) is 15.9. The first kappa shape index (κ1) is 19.0. The zero-order chi connectivity index (χ0) is 18.1. The molecule has 0 unspecified atom stereocenters. The van der Waals surface area contributed by atoms with Gasteiger partial charge in [0.2, 0.25) is 0 Å². The van der Waals surface area contributed by atoms with Gasteiger partial charge in [0.25, 0.3) is 5.91 Å². The van der Waals surface area contributed by atoms with Crippen molar-refractivity contribution in [1.82, 2.24) is 5.43 Å². The van der Waals surface area contributed by atoms with E-state index in [2.05, 4.69) is 26.5 Å². The Morgan fingerprint density at radius 1 is 1.16 bits per heavy atom. The molecule has 0 aliphatic rings. The molecule has 0 aliphatic carbocycles. The molecule has 2 aromatic rings. The number of rotatable bonds is 8. The molecule has 0 aliphatic heterocycles. The molecule has 0 radical (unpaired) electrons. The van der Waals surface area contributed by atoms with Gasteiger partial charge in [-0.05, 0) is 55.8 Å². The third-order valence-electron chi connectivity index (χ3n) is 3.23. The number of hydrogen-bond donors (Lipinski definition) is 1. The summed E-state index contributed by atoms with van der Waals surface area (Å²) in [4.78, 5) is 12.1. The lowest BCUT2D eigenvalue weighted by molar-refractivity contribution is 0.0955. The lowest BCUT2D eigenvalue weighted by Crippen LogP contribution is -2.17. The first-order valence-corrected chi connectivity index (χ1v) is 8.92. The van der Waals surface area contributed by atoms with Crippen molar-refractivity contribution in [3.8, 4) is 11.5 Å². The van der Waals surface area contributed by atoms with Gasteiger partial charge in [0.05, 0.1) is 19.4 Å². The summed E-state index contributed by atoms with van der Waals surface area (Å²) in [6.07, 6.45) is 2.49. The van der Waals surface area contributed by atoms with Crippen molar-refractivity contribution in [3.05, 3.63) is 58.1 Å². The summed E-state index contributed by atoms with van der Waals surface area (Å²) >= 11 is 3.43. The Morgan fingerprint density at radius 3 is 2.60 bits per heavy atom. The van der Waals surface area contributed by atoms with Crippen molar-refractivity contribution < 1.29 is 14.3 Å². The van der Waals surface area contributed by atoms with Crippen molar-refractivity contribution in [1.29, 1.82) is 0 Å². The molecule has 1 amide bonds. The summed E-state index contributed by atoms with van der Waals surface area (Å²) in [6, 6.07) is 12.6. The minimum Gasteiger partial charge on any atom is -0.494 e. The quantitative estimate of drug-likeness (QED) is 0.523. The highest BCUT2D eigenvalue weighted by Gasteiger charge is 2.05. The molecule has 0 bridgehead atoms. The number of amides is 1. The normalized spacial score (nSPS) is 10.7. The minimum atomic E-state index is -0.287. The van der Waals surface area contributed by atoms with Gasteiger partial charge in [-0.15, -0.1) is 0 Å². The predicted molar refractivity (Wildman–Crippen MR) is 103 cm³/mol. The van der Waals surface area contributed by atoms with E-state index in [1.807, 2.05) is 32.0 Å². The second-order valence-electron chi connectivity index (χ2n) is 5.19. The highest BCUT2D eigenvalue weighted by molar-refractivity contribution is 9.10. The Balaban J connectivity index is 2.02. The molecule has 0 saturated heterocycles. The Kier molecular flexibility index (Phi) is 7.47. The fraction of sp³-hybridized carbons (Fsp3) is 0.263. The molecule has 0 atom stereocenters. The van der Waals surface area contributed by atoms with Crippen LogP contribution in [-0.2, 0) is 0 Å². The van der Waals surface area contributed by atoms with E-state index in [0.29, 0.717) is 18.8 Å². The van der Waals surface area contributed by atoms with Crippen molar-refractivity contribution in [2.75, 3.05) is 13.2 Å². The first-order valence-electron chi connectivity index (χ1n) is 8.12. The summed E-state index contributed by atoms with van der Waals surface area (Å²) in [5.41, 5.74) is 3.82. The second kappa shape index (κ2) is 9.84. The maximum Gasteiger partial charge on any atom is 0.271 e. The number of ether oxygens (including phenoxy) is 2. The SMILES string of the molecule is CCCOc1ccc(Br)cc1/C=N/NC(=O)c1ccc(OCC)cc1. The van der Waals surface area contributed by atoms with Crippen LogP contribution in [0.15, 0.2) is 52.0 Å². The minimum absolute atomic E-state index is 0.287. The lowest BCUT2D eigenvalue weighted by Gasteiger charge is -2.08. The van der Waals surface area contributed by atoms with Crippen LogP contribution >= 0.6 is 15.9 Å². The van der Waals surface area contributed by atoms with E-state index in [-0.39, 0.29) is 5.91 Å². The highest BCUT2D eigenvalue weighted by atomic mass is 79.9. The second-order valence-corrected chi connectivity index (χ2v) is 6.10. The van der Waals surface area contributed by atoms with Crippen LogP contribution in [0.5, 0.6) is 11.5 Å². The molecule has 25 heavy (non-hydrogen) atoms. The monoisotopic (exact) mass is 404 g/mol. The molecule has 0 fully saturated rings. The van der Waals surface area contributed by atoms with Crippen molar-refractivity contribution in [3.63, 3.8) is 0 Å². The first-order chi connectivity index (χ1) is 12.1. The van der Waals surface area contributed by atoms with Gasteiger partial charge in [0, 0.05) is 15.6 Å². The topological polar surface area (TPSA) is 59.9 Å². The number of nitrogens with one attached hydrogen (secondary N) is 1. The van der Waals surface area contributed by atoms with Gasteiger partial charge in [0.15, 0.2) is 0 Å². The molecule has 6 heteroatoms. The van der Waals surface area contributed by atoms with Crippen LogP contribution in [0.25, 0.3) is 0 Å². The number of carbonyl (C=O) groups excluding carboxylic acids is 1. The molecule has 1 N–H and O–H groups in total. The summed E-state index contributed by atoms with van der Waals surface area (Å²) in [5, 5.41) is 4.03. The maximum absolute atomic E-state index is 12.1. The van der Waals surface area contributed by atoms with Crippen molar-refractivity contribution >= 4 is 28.1 Å². The lowest BCUT2D eigenvalue weighted by atomic mass is 10.2. The molecule has 0 spiro atoms.